The Balaban J connectivity index is 2.19. The summed E-state index contributed by atoms with van der Waals surface area (Å²) in [6.45, 7) is 4.79. The van der Waals surface area contributed by atoms with E-state index in [1.165, 1.54) is 12.5 Å². The smallest absolute Gasteiger partial charge is 0.257 e. The van der Waals surface area contributed by atoms with Gasteiger partial charge in [-0.3, -0.25) is 9.59 Å². The van der Waals surface area contributed by atoms with Gasteiger partial charge in [-0.15, -0.1) is 0 Å². The molecule has 0 radical (unpaired) electrons. The third-order valence-corrected chi connectivity index (χ3v) is 3.90. The number of likely N-dealkylation sites (tertiary alicyclic amines) is 1. The minimum Gasteiger partial charge on any atom is -0.359 e. The van der Waals surface area contributed by atoms with Crippen LogP contribution in [0.5, 0.6) is 0 Å². The SMILES string of the molecule is CNC(=O)[C@@]1(C)CCCN(C(=O)c2cncnc2C)C1. The Morgan fingerprint density at radius 3 is 2.85 bits per heavy atom. The van der Waals surface area contributed by atoms with Crippen LogP contribution in [-0.4, -0.2) is 46.8 Å². The fourth-order valence-corrected chi connectivity index (χ4v) is 2.67. The quantitative estimate of drug-likeness (QED) is 0.866. The third kappa shape index (κ3) is 2.64. The third-order valence-electron chi connectivity index (χ3n) is 3.90. The molecule has 1 aliphatic rings. The molecule has 1 atom stereocenters. The molecule has 1 aromatic rings. The number of carbonyl (C=O) groups excluding carboxylic acids is 2. The second-order valence-electron chi connectivity index (χ2n) is 5.49. The van der Waals surface area contributed by atoms with Crippen molar-refractivity contribution in [3.8, 4) is 0 Å². The minimum absolute atomic E-state index is 0.0176. The van der Waals surface area contributed by atoms with Gasteiger partial charge in [-0.1, -0.05) is 0 Å². The molecule has 2 rings (SSSR count). The summed E-state index contributed by atoms with van der Waals surface area (Å²) in [5, 5.41) is 2.68. The van der Waals surface area contributed by atoms with E-state index in [1.807, 2.05) is 6.92 Å². The van der Waals surface area contributed by atoms with Crippen LogP contribution in [0.25, 0.3) is 0 Å². The van der Waals surface area contributed by atoms with E-state index in [1.54, 1.807) is 18.9 Å². The van der Waals surface area contributed by atoms with Gasteiger partial charge in [0.05, 0.1) is 16.7 Å². The number of carbonyl (C=O) groups is 2. The average Bonchev–Trinajstić information content (AvgIpc) is 2.46. The first kappa shape index (κ1) is 14.4. The van der Waals surface area contributed by atoms with Crippen LogP contribution in [0.4, 0.5) is 0 Å². The molecular weight excluding hydrogens is 256 g/mol. The number of aryl methyl sites for hydroxylation is 1. The van der Waals surface area contributed by atoms with Gasteiger partial charge >= 0.3 is 0 Å². The molecule has 0 aliphatic carbocycles. The lowest BCUT2D eigenvalue weighted by Gasteiger charge is -2.39. The van der Waals surface area contributed by atoms with Crippen molar-refractivity contribution >= 4 is 11.8 Å². The fraction of sp³-hybridized carbons (Fsp3) is 0.571. The molecule has 2 amide bonds. The molecule has 6 nitrogen and oxygen atoms in total. The first-order valence-electron chi connectivity index (χ1n) is 6.76. The summed E-state index contributed by atoms with van der Waals surface area (Å²) < 4.78 is 0. The summed E-state index contributed by atoms with van der Waals surface area (Å²) in [6.07, 6.45) is 4.58. The van der Waals surface area contributed by atoms with Crippen LogP contribution in [0.3, 0.4) is 0 Å². The maximum Gasteiger partial charge on any atom is 0.257 e. The molecule has 0 spiro atoms. The fourth-order valence-electron chi connectivity index (χ4n) is 2.67. The van der Waals surface area contributed by atoms with Gasteiger partial charge in [-0.25, -0.2) is 9.97 Å². The lowest BCUT2D eigenvalue weighted by Crippen LogP contribution is -2.51. The molecule has 20 heavy (non-hydrogen) atoms. The number of hydrogen-bond donors (Lipinski definition) is 1. The van der Waals surface area contributed by atoms with Crippen LogP contribution in [0.2, 0.25) is 0 Å². The molecule has 6 heteroatoms. The molecule has 1 aromatic heterocycles. The Morgan fingerprint density at radius 2 is 2.20 bits per heavy atom. The average molecular weight is 276 g/mol. The monoisotopic (exact) mass is 276 g/mol. The van der Waals surface area contributed by atoms with E-state index in [4.69, 9.17) is 0 Å². The van der Waals surface area contributed by atoms with Crippen molar-refractivity contribution in [3.05, 3.63) is 23.8 Å². The highest BCUT2D eigenvalue weighted by atomic mass is 16.2. The predicted octanol–water partition coefficient (Wildman–Crippen LogP) is 0.773. The van der Waals surface area contributed by atoms with Crippen LogP contribution in [0.15, 0.2) is 12.5 Å². The van der Waals surface area contributed by atoms with Gasteiger partial charge in [0.2, 0.25) is 5.91 Å². The Kier molecular flexibility index (Phi) is 4.01. The molecular formula is C14H20N4O2. The summed E-state index contributed by atoms with van der Waals surface area (Å²) in [5.74, 6) is -0.117. The second-order valence-corrected chi connectivity index (χ2v) is 5.49. The molecule has 0 bridgehead atoms. The zero-order valence-corrected chi connectivity index (χ0v) is 12.1. The van der Waals surface area contributed by atoms with E-state index in [2.05, 4.69) is 15.3 Å². The van der Waals surface area contributed by atoms with Gasteiger partial charge in [0.15, 0.2) is 0 Å². The number of nitrogens with one attached hydrogen (secondary N) is 1. The molecule has 0 aromatic carbocycles. The van der Waals surface area contributed by atoms with Crippen LogP contribution < -0.4 is 5.32 Å². The molecule has 0 unspecified atom stereocenters. The highest BCUT2D eigenvalue weighted by Crippen LogP contribution is 2.30. The number of piperidine rings is 1. The van der Waals surface area contributed by atoms with Crippen molar-refractivity contribution in [2.75, 3.05) is 20.1 Å². The van der Waals surface area contributed by atoms with Crippen LogP contribution in [0.1, 0.15) is 35.8 Å². The standard InChI is InChI=1S/C14H20N4O2/c1-10-11(7-16-9-17-10)12(19)18-6-4-5-14(2,8-18)13(20)15-3/h7,9H,4-6,8H2,1-3H3,(H,15,20)/t14-/m0/s1. The van der Waals surface area contributed by atoms with Crippen molar-refractivity contribution in [2.45, 2.75) is 26.7 Å². The molecule has 108 valence electrons. The Hall–Kier alpha value is -1.98. The van der Waals surface area contributed by atoms with Gasteiger partial charge < -0.3 is 10.2 Å². The Labute approximate surface area is 118 Å². The van der Waals surface area contributed by atoms with E-state index in [-0.39, 0.29) is 11.8 Å². The largest absolute Gasteiger partial charge is 0.359 e. The number of aromatic nitrogens is 2. The number of amides is 2. The van der Waals surface area contributed by atoms with Crippen LogP contribution in [0, 0.1) is 12.3 Å². The highest BCUT2D eigenvalue weighted by Gasteiger charge is 2.39. The van der Waals surface area contributed by atoms with Crippen molar-refractivity contribution in [1.82, 2.24) is 20.2 Å². The van der Waals surface area contributed by atoms with Crippen LogP contribution >= 0.6 is 0 Å². The molecule has 1 N–H and O–H groups in total. The topological polar surface area (TPSA) is 75.2 Å². The molecule has 1 saturated heterocycles. The zero-order valence-electron chi connectivity index (χ0n) is 12.1. The van der Waals surface area contributed by atoms with Gasteiger partial charge in [0, 0.05) is 26.3 Å². The van der Waals surface area contributed by atoms with E-state index < -0.39 is 5.41 Å². The van der Waals surface area contributed by atoms with E-state index in [0.717, 1.165) is 12.8 Å². The van der Waals surface area contributed by atoms with E-state index in [9.17, 15) is 9.59 Å². The Bertz CT molecular complexity index is 532. The van der Waals surface area contributed by atoms with E-state index in [0.29, 0.717) is 24.3 Å². The molecule has 2 heterocycles. The summed E-state index contributed by atoms with van der Waals surface area (Å²) in [4.78, 5) is 34.2. The molecule has 1 aliphatic heterocycles. The van der Waals surface area contributed by atoms with Gasteiger partial charge in [-0.2, -0.15) is 0 Å². The molecule has 1 fully saturated rings. The van der Waals surface area contributed by atoms with E-state index >= 15 is 0 Å². The summed E-state index contributed by atoms with van der Waals surface area (Å²) in [7, 11) is 1.63. The van der Waals surface area contributed by atoms with Crippen molar-refractivity contribution in [2.24, 2.45) is 5.41 Å². The van der Waals surface area contributed by atoms with Gasteiger partial charge in [0.1, 0.15) is 6.33 Å². The summed E-state index contributed by atoms with van der Waals surface area (Å²) >= 11 is 0. The van der Waals surface area contributed by atoms with Crippen molar-refractivity contribution < 1.29 is 9.59 Å². The minimum atomic E-state index is -0.522. The number of nitrogens with zero attached hydrogens (tertiary/aromatic N) is 3. The maximum absolute atomic E-state index is 12.5. The normalized spacial score (nSPS) is 22.4. The lowest BCUT2D eigenvalue weighted by atomic mass is 9.81. The van der Waals surface area contributed by atoms with Crippen LogP contribution in [-0.2, 0) is 4.79 Å². The van der Waals surface area contributed by atoms with Crippen molar-refractivity contribution in [1.29, 1.82) is 0 Å². The number of hydrogen-bond acceptors (Lipinski definition) is 4. The molecule has 0 saturated carbocycles. The first-order chi connectivity index (χ1) is 9.48. The number of rotatable bonds is 2. The van der Waals surface area contributed by atoms with Gasteiger partial charge in [-0.05, 0) is 26.7 Å². The Morgan fingerprint density at radius 1 is 1.45 bits per heavy atom. The summed E-state index contributed by atoms with van der Waals surface area (Å²) in [6, 6.07) is 0. The zero-order chi connectivity index (χ0) is 14.8. The van der Waals surface area contributed by atoms with Gasteiger partial charge in [0.25, 0.3) is 5.91 Å². The van der Waals surface area contributed by atoms with Crippen molar-refractivity contribution in [3.63, 3.8) is 0 Å². The maximum atomic E-state index is 12.5. The second kappa shape index (κ2) is 5.56. The predicted molar refractivity (Wildman–Crippen MR) is 74.1 cm³/mol. The highest BCUT2D eigenvalue weighted by molar-refractivity contribution is 5.95. The first-order valence-corrected chi connectivity index (χ1v) is 6.76. The lowest BCUT2D eigenvalue weighted by molar-refractivity contribution is -0.132. The summed E-state index contributed by atoms with van der Waals surface area (Å²) in [5.41, 5.74) is 0.650.